The van der Waals surface area contributed by atoms with Gasteiger partial charge in [-0.15, -0.1) is 0 Å². The van der Waals surface area contributed by atoms with Crippen LogP contribution in [-0.2, 0) is 6.42 Å². The van der Waals surface area contributed by atoms with Crippen molar-refractivity contribution >= 4 is 28.5 Å². The highest BCUT2D eigenvalue weighted by Gasteiger charge is 2.31. The second-order valence-electron chi connectivity index (χ2n) is 8.94. The number of nitrogens with zero attached hydrogens (tertiary/aromatic N) is 2. The molecular formula is C26H27N3O4. The van der Waals surface area contributed by atoms with Gasteiger partial charge in [0, 0.05) is 31.4 Å². The van der Waals surface area contributed by atoms with Gasteiger partial charge in [0.15, 0.2) is 11.3 Å². The number of nitriles is 1. The highest BCUT2D eigenvalue weighted by atomic mass is 16.4. The van der Waals surface area contributed by atoms with Crippen LogP contribution in [0.25, 0.3) is 11.0 Å². The van der Waals surface area contributed by atoms with Crippen LogP contribution in [0.3, 0.4) is 0 Å². The number of aromatic carboxylic acids is 1. The number of anilines is 2. The first-order valence-corrected chi connectivity index (χ1v) is 11.1. The third-order valence-electron chi connectivity index (χ3n) is 6.35. The Morgan fingerprint density at radius 2 is 1.97 bits per heavy atom. The third-order valence-corrected chi connectivity index (χ3v) is 6.35. The molecule has 0 bridgehead atoms. The van der Waals surface area contributed by atoms with E-state index in [1.165, 1.54) is 0 Å². The van der Waals surface area contributed by atoms with E-state index in [4.69, 9.17) is 4.42 Å². The zero-order valence-corrected chi connectivity index (χ0v) is 18.9. The number of carboxylic acids is 1. The number of fused-ring (bicyclic) bond motifs is 1. The summed E-state index contributed by atoms with van der Waals surface area (Å²) in [6.45, 7) is 5.72. The van der Waals surface area contributed by atoms with Gasteiger partial charge >= 0.3 is 5.97 Å². The maximum atomic E-state index is 12.9. The van der Waals surface area contributed by atoms with Crippen molar-refractivity contribution in [1.29, 1.82) is 5.26 Å². The summed E-state index contributed by atoms with van der Waals surface area (Å²) in [4.78, 5) is 26.4. The maximum absolute atomic E-state index is 12.9. The Bertz CT molecular complexity index is 1300. The van der Waals surface area contributed by atoms with Gasteiger partial charge < -0.3 is 19.7 Å². The van der Waals surface area contributed by atoms with Crippen molar-refractivity contribution < 1.29 is 14.3 Å². The first-order valence-electron chi connectivity index (χ1n) is 11.1. The molecule has 2 aromatic carbocycles. The van der Waals surface area contributed by atoms with Crippen LogP contribution in [-0.4, -0.2) is 30.7 Å². The molecule has 7 heteroatoms. The minimum absolute atomic E-state index is 0.0889. The molecule has 1 saturated heterocycles. The Balaban J connectivity index is 1.60. The van der Waals surface area contributed by atoms with Crippen LogP contribution in [0.2, 0.25) is 0 Å². The molecule has 0 unspecified atom stereocenters. The summed E-state index contributed by atoms with van der Waals surface area (Å²) in [5, 5.41) is 22.5. The predicted molar refractivity (Wildman–Crippen MR) is 128 cm³/mol. The first-order chi connectivity index (χ1) is 15.8. The number of para-hydroxylation sites is 1. The zero-order valence-electron chi connectivity index (χ0n) is 18.9. The number of rotatable bonds is 6. The largest absolute Gasteiger partial charge is 0.478 e. The fourth-order valence-corrected chi connectivity index (χ4v) is 4.31. The highest BCUT2D eigenvalue weighted by Crippen LogP contribution is 2.33. The summed E-state index contributed by atoms with van der Waals surface area (Å²) in [5.74, 6) is -0.453. The van der Waals surface area contributed by atoms with E-state index in [1.54, 1.807) is 30.3 Å². The Kier molecular flexibility index (Phi) is 6.10. The first kappa shape index (κ1) is 22.4. The molecule has 1 aliphatic rings. The minimum atomic E-state index is -0.983. The van der Waals surface area contributed by atoms with Crippen molar-refractivity contribution in [2.75, 3.05) is 29.9 Å². The summed E-state index contributed by atoms with van der Waals surface area (Å²) in [7, 11) is 0. The Hall–Kier alpha value is -3.79. The van der Waals surface area contributed by atoms with Crippen molar-refractivity contribution in [3.8, 4) is 6.07 Å². The lowest BCUT2D eigenvalue weighted by Crippen LogP contribution is -2.38. The summed E-state index contributed by atoms with van der Waals surface area (Å²) in [6, 6.07) is 14.6. The number of carboxylic acid groups (broad SMARTS) is 1. The number of carbonyl (C=O) groups is 1. The minimum Gasteiger partial charge on any atom is -0.478 e. The van der Waals surface area contributed by atoms with E-state index in [9.17, 15) is 20.0 Å². The van der Waals surface area contributed by atoms with E-state index in [-0.39, 0.29) is 16.4 Å². The third kappa shape index (κ3) is 4.70. The number of benzene rings is 2. The maximum Gasteiger partial charge on any atom is 0.337 e. The van der Waals surface area contributed by atoms with E-state index in [2.05, 4.69) is 11.4 Å². The fourth-order valence-electron chi connectivity index (χ4n) is 4.31. The summed E-state index contributed by atoms with van der Waals surface area (Å²) in [5.41, 5.74) is 2.76. The van der Waals surface area contributed by atoms with Gasteiger partial charge in [0.2, 0.25) is 0 Å². The number of hydrogen-bond acceptors (Lipinski definition) is 6. The molecule has 0 atom stereocenters. The molecule has 1 fully saturated rings. The smallest absolute Gasteiger partial charge is 0.337 e. The molecule has 2 heterocycles. The molecular weight excluding hydrogens is 418 g/mol. The van der Waals surface area contributed by atoms with Crippen LogP contribution in [0, 0.1) is 23.7 Å². The van der Waals surface area contributed by atoms with Crippen LogP contribution in [0.1, 0.15) is 41.3 Å². The summed E-state index contributed by atoms with van der Waals surface area (Å²) < 4.78 is 6.26. The molecule has 33 heavy (non-hydrogen) atoms. The van der Waals surface area contributed by atoms with Gasteiger partial charge in [0.25, 0.3) is 0 Å². The number of hydrogen-bond donors (Lipinski definition) is 2. The average Bonchev–Trinajstić information content (AvgIpc) is 2.80. The molecule has 0 spiro atoms. The molecule has 3 aromatic rings. The van der Waals surface area contributed by atoms with Gasteiger partial charge in [0.1, 0.15) is 5.58 Å². The van der Waals surface area contributed by atoms with Crippen LogP contribution >= 0.6 is 0 Å². The molecule has 2 N–H and O–H groups in total. The molecule has 7 nitrogen and oxygen atoms in total. The predicted octanol–water partition coefficient (Wildman–Crippen LogP) is 4.58. The van der Waals surface area contributed by atoms with Crippen molar-refractivity contribution in [3.05, 3.63) is 69.4 Å². The number of piperidine rings is 1. The highest BCUT2D eigenvalue weighted by molar-refractivity contribution is 5.94. The van der Waals surface area contributed by atoms with E-state index < -0.39 is 5.97 Å². The average molecular weight is 446 g/mol. The molecule has 0 saturated carbocycles. The topological polar surface area (TPSA) is 107 Å². The van der Waals surface area contributed by atoms with Crippen LogP contribution in [0.15, 0.2) is 51.7 Å². The summed E-state index contributed by atoms with van der Waals surface area (Å²) >= 11 is 0. The quantitative estimate of drug-likeness (QED) is 0.572. The Morgan fingerprint density at radius 3 is 2.67 bits per heavy atom. The Labute approximate surface area is 192 Å². The lowest BCUT2D eigenvalue weighted by atomic mass is 9.82. The second-order valence-corrected chi connectivity index (χ2v) is 8.94. The zero-order chi connectivity index (χ0) is 23.6. The van der Waals surface area contributed by atoms with Gasteiger partial charge in [-0.05, 0) is 62.4 Å². The van der Waals surface area contributed by atoms with E-state index in [1.807, 2.05) is 30.9 Å². The van der Waals surface area contributed by atoms with Crippen molar-refractivity contribution in [3.63, 3.8) is 0 Å². The molecule has 170 valence electrons. The molecule has 0 amide bonds. The van der Waals surface area contributed by atoms with Crippen molar-refractivity contribution in [1.82, 2.24) is 0 Å². The normalized spacial score (nSPS) is 15.2. The van der Waals surface area contributed by atoms with Crippen LogP contribution in [0.4, 0.5) is 11.6 Å². The van der Waals surface area contributed by atoms with E-state index in [0.29, 0.717) is 48.6 Å². The molecule has 1 aromatic heterocycles. The van der Waals surface area contributed by atoms with Gasteiger partial charge in [-0.3, -0.25) is 4.79 Å². The van der Waals surface area contributed by atoms with Crippen molar-refractivity contribution in [2.45, 2.75) is 33.1 Å². The fraction of sp³-hybridized carbons (Fsp3) is 0.346. The molecule has 1 aliphatic heterocycles. The lowest BCUT2D eigenvalue weighted by molar-refractivity contribution is 0.0698. The summed E-state index contributed by atoms with van der Waals surface area (Å²) in [6.07, 6.45) is 2.00. The molecule has 4 rings (SSSR count). The number of nitrogens with one attached hydrogen (secondary N) is 1. The van der Waals surface area contributed by atoms with Crippen molar-refractivity contribution in [2.24, 2.45) is 5.41 Å². The van der Waals surface area contributed by atoms with Gasteiger partial charge in [-0.1, -0.05) is 18.2 Å². The SMILES string of the molecule is Cc1cc(CCNc2ccccc2C(=O)O)c2oc(N3CCC(C)(C#N)CC3)cc(=O)c2c1. The van der Waals surface area contributed by atoms with E-state index in [0.717, 1.165) is 24.0 Å². The number of aryl methyl sites for hydroxylation is 1. The lowest BCUT2D eigenvalue weighted by Gasteiger charge is -2.35. The standard InChI is InChI=1S/C26H27N3O4/c1-17-13-18(7-10-28-21-6-4-3-5-19(21)25(31)32)24-20(14-17)22(30)15-23(33-24)29-11-8-26(2,16-27)9-12-29/h3-6,13-15,28H,7-12H2,1-2H3,(H,31,32). The second kappa shape index (κ2) is 8.99. The van der Waals surface area contributed by atoms with Gasteiger partial charge in [0.05, 0.1) is 22.4 Å². The monoisotopic (exact) mass is 445 g/mol. The van der Waals surface area contributed by atoms with Gasteiger partial charge in [-0.2, -0.15) is 5.26 Å². The Morgan fingerprint density at radius 1 is 1.24 bits per heavy atom. The molecule has 0 aliphatic carbocycles. The van der Waals surface area contributed by atoms with Crippen LogP contribution in [0.5, 0.6) is 0 Å². The van der Waals surface area contributed by atoms with E-state index >= 15 is 0 Å². The van der Waals surface area contributed by atoms with Gasteiger partial charge in [-0.25, -0.2) is 4.79 Å². The molecule has 0 radical (unpaired) electrons. The van der Waals surface area contributed by atoms with Crippen LogP contribution < -0.4 is 15.6 Å².